The minimum Gasteiger partial charge on any atom is -0.497 e. The van der Waals surface area contributed by atoms with Crippen molar-refractivity contribution in [1.82, 2.24) is 4.98 Å². The lowest BCUT2D eigenvalue weighted by Gasteiger charge is -2.11. The summed E-state index contributed by atoms with van der Waals surface area (Å²) >= 11 is 0. The molecule has 2 rings (SSSR count). The van der Waals surface area contributed by atoms with Gasteiger partial charge in [-0.25, -0.2) is 4.98 Å². The van der Waals surface area contributed by atoms with Crippen LogP contribution in [0.3, 0.4) is 0 Å². The molecule has 0 aliphatic carbocycles. The van der Waals surface area contributed by atoms with Crippen molar-refractivity contribution in [2.75, 3.05) is 20.8 Å². The Morgan fingerprint density at radius 3 is 2.55 bits per heavy atom. The van der Waals surface area contributed by atoms with Crippen molar-refractivity contribution in [3.63, 3.8) is 0 Å². The van der Waals surface area contributed by atoms with Gasteiger partial charge in [0.05, 0.1) is 32.9 Å². The van der Waals surface area contributed by atoms with Crippen LogP contribution in [0.1, 0.15) is 47.4 Å². The zero-order valence-corrected chi connectivity index (χ0v) is 16.9. The molecule has 0 radical (unpaired) electrons. The van der Waals surface area contributed by atoms with Gasteiger partial charge in [0, 0.05) is 6.42 Å². The summed E-state index contributed by atoms with van der Waals surface area (Å²) in [6, 6.07) is 11.3. The summed E-state index contributed by atoms with van der Waals surface area (Å²) in [5, 5.41) is 0. The zero-order chi connectivity index (χ0) is 20.9. The second-order valence-corrected chi connectivity index (χ2v) is 6.39. The van der Waals surface area contributed by atoms with E-state index in [1.807, 2.05) is 24.3 Å². The van der Waals surface area contributed by atoms with Crippen molar-refractivity contribution in [3.8, 4) is 11.5 Å². The Labute approximate surface area is 171 Å². The van der Waals surface area contributed by atoms with E-state index in [1.165, 1.54) is 7.11 Å². The number of nitrogens with zero attached hydrogens (tertiary/aromatic N) is 1. The number of aromatic nitrogens is 1. The first-order valence-electron chi connectivity index (χ1n) is 9.61. The number of pyridine rings is 1. The highest BCUT2D eigenvalue weighted by atomic mass is 16.5. The van der Waals surface area contributed by atoms with Gasteiger partial charge >= 0.3 is 5.97 Å². The molecule has 29 heavy (non-hydrogen) atoms. The van der Waals surface area contributed by atoms with E-state index in [-0.39, 0.29) is 12.4 Å². The summed E-state index contributed by atoms with van der Waals surface area (Å²) < 4.78 is 15.6. The van der Waals surface area contributed by atoms with E-state index in [1.54, 1.807) is 19.2 Å². The Hall–Kier alpha value is -3.15. The molecule has 0 unspecified atom stereocenters. The standard InChI is InChI=1S/C23H27NO5/c1-27-20-11-8-18(9-12-20)7-5-3-4-6-16-29-22-14-10-19(17-25)24-21(22)13-15-23(26)28-2/h5,7-12,14,17H,3-4,6,13,15-16H2,1-2H3. The number of benzene rings is 1. The number of esters is 1. The first kappa shape index (κ1) is 22.1. The highest BCUT2D eigenvalue weighted by Crippen LogP contribution is 2.19. The highest BCUT2D eigenvalue weighted by molar-refractivity contribution is 5.72. The lowest BCUT2D eigenvalue weighted by molar-refractivity contribution is -0.140. The summed E-state index contributed by atoms with van der Waals surface area (Å²) in [5.41, 5.74) is 2.05. The van der Waals surface area contributed by atoms with Crippen molar-refractivity contribution in [2.45, 2.75) is 32.1 Å². The molecule has 0 saturated carbocycles. The van der Waals surface area contributed by atoms with Gasteiger partial charge in [0.1, 0.15) is 17.2 Å². The van der Waals surface area contributed by atoms with Crippen LogP contribution in [-0.4, -0.2) is 38.1 Å². The Balaban J connectivity index is 1.76. The number of unbranched alkanes of at least 4 members (excludes halogenated alkanes) is 2. The lowest BCUT2D eigenvalue weighted by Crippen LogP contribution is -2.07. The van der Waals surface area contributed by atoms with E-state index in [9.17, 15) is 9.59 Å². The average molecular weight is 397 g/mol. The van der Waals surface area contributed by atoms with Gasteiger partial charge in [-0.1, -0.05) is 24.3 Å². The number of hydrogen-bond donors (Lipinski definition) is 0. The third-order valence-corrected chi connectivity index (χ3v) is 4.32. The molecule has 0 spiro atoms. The van der Waals surface area contributed by atoms with Crippen molar-refractivity contribution < 1.29 is 23.8 Å². The predicted molar refractivity (Wildman–Crippen MR) is 111 cm³/mol. The Kier molecular flexibility index (Phi) is 9.42. The fourth-order valence-corrected chi connectivity index (χ4v) is 2.68. The van der Waals surface area contributed by atoms with E-state index in [2.05, 4.69) is 21.9 Å². The molecule has 1 aromatic carbocycles. The van der Waals surface area contributed by atoms with Crippen molar-refractivity contribution in [1.29, 1.82) is 0 Å². The topological polar surface area (TPSA) is 74.7 Å². The second-order valence-electron chi connectivity index (χ2n) is 6.39. The number of ether oxygens (including phenoxy) is 3. The van der Waals surface area contributed by atoms with Crippen LogP contribution < -0.4 is 9.47 Å². The van der Waals surface area contributed by atoms with Crippen molar-refractivity contribution in [2.24, 2.45) is 0 Å². The maximum Gasteiger partial charge on any atom is 0.305 e. The van der Waals surface area contributed by atoms with Gasteiger partial charge in [-0.05, 0) is 49.1 Å². The highest BCUT2D eigenvalue weighted by Gasteiger charge is 2.10. The van der Waals surface area contributed by atoms with Crippen LogP contribution in [0.4, 0.5) is 0 Å². The summed E-state index contributed by atoms with van der Waals surface area (Å²) in [5.74, 6) is 1.13. The number of aldehydes is 1. The zero-order valence-electron chi connectivity index (χ0n) is 16.9. The summed E-state index contributed by atoms with van der Waals surface area (Å²) in [4.78, 5) is 26.6. The quantitative estimate of drug-likeness (QED) is 0.302. The fourth-order valence-electron chi connectivity index (χ4n) is 2.68. The van der Waals surface area contributed by atoms with E-state index < -0.39 is 0 Å². The van der Waals surface area contributed by atoms with Crippen molar-refractivity contribution in [3.05, 3.63) is 59.4 Å². The Morgan fingerprint density at radius 2 is 1.86 bits per heavy atom. The van der Waals surface area contributed by atoms with Gasteiger partial charge in [-0.15, -0.1) is 0 Å². The largest absolute Gasteiger partial charge is 0.497 e. The molecule has 154 valence electrons. The molecule has 1 heterocycles. The number of rotatable bonds is 12. The molecule has 6 nitrogen and oxygen atoms in total. The molecule has 0 saturated heterocycles. The number of hydrogen-bond acceptors (Lipinski definition) is 6. The van der Waals surface area contributed by atoms with Gasteiger partial charge in [-0.2, -0.15) is 0 Å². The minimum atomic E-state index is -0.321. The fraction of sp³-hybridized carbons (Fsp3) is 0.348. The van der Waals surface area contributed by atoms with E-state index >= 15 is 0 Å². The molecule has 1 aromatic heterocycles. The third-order valence-electron chi connectivity index (χ3n) is 4.32. The summed E-state index contributed by atoms with van der Waals surface area (Å²) in [7, 11) is 3.00. The summed E-state index contributed by atoms with van der Waals surface area (Å²) in [6.07, 6.45) is 8.31. The first-order valence-corrected chi connectivity index (χ1v) is 9.61. The SMILES string of the molecule is COC(=O)CCc1nc(C=O)ccc1OCCCCC=Cc1ccc(OC)cc1. The van der Waals surface area contributed by atoms with Gasteiger partial charge < -0.3 is 14.2 Å². The first-order chi connectivity index (χ1) is 14.2. The van der Waals surface area contributed by atoms with Gasteiger partial charge in [0.15, 0.2) is 6.29 Å². The van der Waals surface area contributed by atoms with Crippen LogP contribution in [0.2, 0.25) is 0 Å². The van der Waals surface area contributed by atoms with E-state index in [0.717, 1.165) is 30.6 Å². The molecule has 0 N–H and O–H groups in total. The number of methoxy groups -OCH3 is 2. The predicted octanol–water partition coefficient (Wildman–Crippen LogP) is 4.27. The molecular formula is C23H27NO5. The molecular weight excluding hydrogens is 370 g/mol. The lowest BCUT2D eigenvalue weighted by atomic mass is 10.1. The van der Waals surface area contributed by atoms with Crippen LogP contribution in [0.25, 0.3) is 6.08 Å². The van der Waals surface area contributed by atoms with Crippen molar-refractivity contribution >= 4 is 18.3 Å². The maximum atomic E-state index is 11.4. The number of aryl methyl sites for hydroxylation is 1. The van der Waals surface area contributed by atoms with Crippen LogP contribution >= 0.6 is 0 Å². The molecule has 6 heteroatoms. The Morgan fingerprint density at radius 1 is 1.07 bits per heavy atom. The second kappa shape index (κ2) is 12.3. The molecule has 0 aliphatic heterocycles. The molecule has 0 amide bonds. The number of carbonyl (C=O) groups is 2. The summed E-state index contributed by atoms with van der Waals surface area (Å²) in [6.45, 7) is 0.545. The minimum absolute atomic E-state index is 0.193. The van der Waals surface area contributed by atoms with Crippen LogP contribution in [0.15, 0.2) is 42.5 Å². The molecule has 0 aliphatic rings. The molecule has 0 bridgehead atoms. The van der Waals surface area contributed by atoms with Gasteiger partial charge in [0.25, 0.3) is 0 Å². The number of carbonyl (C=O) groups excluding carboxylic acids is 2. The van der Waals surface area contributed by atoms with Crippen LogP contribution in [-0.2, 0) is 16.0 Å². The average Bonchev–Trinajstić information content (AvgIpc) is 2.77. The molecule has 0 fully saturated rings. The maximum absolute atomic E-state index is 11.4. The molecule has 0 atom stereocenters. The Bertz CT molecular complexity index is 815. The third kappa shape index (κ3) is 7.78. The smallest absolute Gasteiger partial charge is 0.305 e. The molecule has 2 aromatic rings. The van der Waals surface area contributed by atoms with Crippen LogP contribution in [0, 0.1) is 0 Å². The monoisotopic (exact) mass is 397 g/mol. The van der Waals surface area contributed by atoms with Gasteiger partial charge in [-0.3, -0.25) is 9.59 Å². The number of allylic oxidation sites excluding steroid dienone is 1. The normalized spacial score (nSPS) is 10.7. The van der Waals surface area contributed by atoms with Crippen LogP contribution in [0.5, 0.6) is 11.5 Å². The van der Waals surface area contributed by atoms with Gasteiger partial charge in [0.2, 0.25) is 0 Å². The van der Waals surface area contributed by atoms with E-state index in [0.29, 0.717) is 36.5 Å². The van der Waals surface area contributed by atoms with E-state index in [4.69, 9.17) is 9.47 Å².